The number of hydrogen-bond donors (Lipinski definition) is 1. The van der Waals surface area contributed by atoms with Crippen LogP contribution in [0.2, 0.25) is 0 Å². The fraction of sp³-hybridized carbons (Fsp3) is 0.444. The van der Waals surface area contributed by atoms with Crippen molar-refractivity contribution in [1.82, 2.24) is 14.9 Å². The van der Waals surface area contributed by atoms with Crippen LogP contribution in [0.5, 0.6) is 0 Å². The van der Waals surface area contributed by atoms with E-state index in [1.807, 2.05) is 18.7 Å². The van der Waals surface area contributed by atoms with Gasteiger partial charge >= 0.3 is 0 Å². The van der Waals surface area contributed by atoms with Crippen molar-refractivity contribution in [3.8, 4) is 0 Å². The van der Waals surface area contributed by atoms with Crippen LogP contribution in [0.25, 0.3) is 0 Å². The van der Waals surface area contributed by atoms with Gasteiger partial charge in [0.05, 0.1) is 0 Å². The molecule has 0 spiro atoms. The minimum absolute atomic E-state index is 0.394. The molecule has 0 aromatic carbocycles. The normalized spacial score (nSPS) is 9.69. The lowest BCUT2D eigenvalue weighted by Crippen LogP contribution is -2.31. The summed E-state index contributed by atoms with van der Waals surface area (Å²) in [6.07, 6.45) is 3.31. The van der Waals surface area contributed by atoms with E-state index in [4.69, 9.17) is 5.41 Å². The smallest absolute Gasteiger partial charge is 0.194 e. The van der Waals surface area contributed by atoms with Gasteiger partial charge in [0.1, 0.15) is 0 Å². The number of rotatable bonds is 3. The molecule has 1 aromatic heterocycles. The fourth-order valence-electron chi connectivity index (χ4n) is 1.10. The van der Waals surface area contributed by atoms with Crippen LogP contribution in [0.1, 0.15) is 19.7 Å². The first kappa shape index (κ1) is 9.64. The zero-order valence-corrected chi connectivity index (χ0v) is 7.99. The second-order valence-electron chi connectivity index (χ2n) is 2.59. The van der Waals surface area contributed by atoms with Crippen molar-refractivity contribution in [1.29, 1.82) is 5.41 Å². The molecule has 0 aliphatic rings. The lowest BCUT2D eigenvalue weighted by molar-refractivity contribution is 0.461. The van der Waals surface area contributed by atoms with E-state index in [9.17, 15) is 0 Å². The van der Waals surface area contributed by atoms with Crippen molar-refractivity contribution < 1.29 is 0 Å². The van der Waals surface area contributed by atoms with Crippen LogP contribution in [0.3, 0.4) is 0 Å². The van der Waals surface area contributed by atoms with Crippen LogP contribution >= 0.6 is 0 Å². The van der Waals surface area contributed by atoms with E-state index in [1.165, 1.54) is 0 Å². The average molecular weight is 178 g/mol. The van der Waals surface area contributed by atoms with Gasteiger partial charge in [0.25, 0.3) is 0 Å². The third-order valence-corrected chi connectivity index (χ3v) is 1.86. The van der Waals surface area contributed by atoms with E-state index in [2.05, 4.69) is 9.97 Å². The third kappa shape index (κ3) is 2.24. The number of nitrogens with one attached hydrogen (secondary N) is 1. The molecule has 1 N–H and O–H groups in total. The monoisotopic (exact) mass is 178 g/mol. The van der Waals surface area contributed by atoms with Crippen LogP contribution in [0.15, 0.2) is 18.5 Å². The largest absolute Gasteiger partial charge is 0.355 e. The molecule has 4 heteroatoms. The Bertz CT molecular complexity index is 266. The Balaban J connectivity index is 2.78. The molecule has 1 heterocycles. The Morgan fingerprint density at radius 1 is 1.31 bits per heavy atom. The molecule has 4 nitrogen and oxygen atoms in total. The van der Waals surface area contributed by atoms with Gasteiger partial charge in [-0.25, -0.2) is 9.97 Å². The summed E-state index contributed by atoms with van der Waals surface area (Å²) in [5, 5.41) is 7.79. The molecule has 0 radical (unpaired) electrons. The summed E-state index contributed by atoms with van der Waals surface area (Å²) in [6.45, 7) is 5.66. The molecule has 0 aliphatic carbocycles. The minimum Gasteiger partial charge on any atom is -0.355 e. The van der Waals surface area contributed by atoms with E-state index >= 15 is 0 Å². The van der Waals surface area contributed by atoms with E-state index in [0.29, 0.717) is 11.7 Å². The van der Waals surface area contributed by atoms with Gasteiger partial charge in [0, 0.05) is 25.5 Å². The highest BCUT2D eigenvalue weighted by Gasteiger charge is 2.09. The van der Waals surface area contributed by atoms with Gasteiger partial charge in [-0.3, -0.25) is 5.41 Å². The van der Waals surface area contributed by atoms with Gasteiger partial charge in [0.2, 0.25) is 0 Å². The zero-order valence-electron chi connectivity index (χ0n) is 7.99. The molecular formula is C9H14N4. The maximum atomic E-state index is 7.79. The molecule has 0 saturated carbocycles. The van der Waals surface area contributed by atoms with Gasteiger partial charge in [-0.1, -0.05) is 0 Å². The molecule has 0 fully saturated rings. The number of aromatic nitrogens is 2. The Hall–Kier alpha value is -1.45. The van der Waals surface area contributed by atoms with Crippen molar-refractivity contribution in [2.45, 2.75) is 13.8 Å². The number of nitrogens with zero attached hydrogens (tertiary/aromatic N) is 3. The molecule has 1 aromatic rings. The standard InChI is InChI=1S/C9H14N4/c1-3-13(4-2)8(10)9-11-6-5-7-12-9/h5-7,10H,3-4H2,1-2H3. The lowest BCUT2D eigenvalue weighted by Gasteiger charge is -2.19. The average Bonchev–Trinajstić information content (AvgIpc) is 2.21. The molecular weight excluding hydrogens is 164 g/mol. The SMILES string of the molecule is CCN(CC)C(=N)c1ncccn1. The van der Waals surface area contributed by atoms with Crippen molar-refractivity contribution in [3.63, 3.8) is 0 Å². The fourth-order valence-corrected chi connectivity index (χ4v) is 1.10. The molecule has 0 amide bonds. The summed E-state index contributed by atoms with van der Waals surface area (Å²) >= 11 is 0. The molecule has 0 saturated heterocycles. The van der Waals surface area contributed by atoms with Gasteiger partial charge in [-0.05, 0) is 19.9 Å². The number of hydrogen-bond acceptors (Lipinski definition) is 3. The molecule has 0 unspecified atom stereocenters. The first-order valence-electron chi connectivity index (χ1n) is 4.40. The summed E-state index contributed by atoms with van der Waals surface area (Å²) < 4.78 is 0. The van der Waals surface area contributed by atoms with Crippen molar-refractivity contribution in [3.05, 3.63) is 24.3 Å². The summed E-state index contributed by atoms with van der Waals surface area (Å²) in [4.78, 5) is 9.95. The maximum absolute atomic E-state index is 7.79. The van der Waals surface area contributed by atoms with Crippen LogP contribution in [0.4, 0.5) is 0 Å². The van der Waals surface area contributed by atoms with E-state index in [0.717, 1.165) is 13.1 Å². The second-order valence-corrected chi connectivity index (χ2v) is 2.59. The minimum atomic E-state index is 0.394. The van der Waals surface area contributed by atoms with E-state index in [1.54, 1.807) is 18.5 Å². The zero-order chi connectivity index (χ0) is 9.68. The first-order valence-corrected chi connectivity index (χ1v) is 4.40. The summed E-state index contributed by atoms with van der Waals surface area (Å²) in [7, 11) is 0. The molecule has 0 atom stereocenters. The van der Waals surface area contributed by atoms with Crippen molar-refractivity contribution in [2.24, 2.45) is 0 Å². The Morgan fingerprint density at radius 2 is 1.85 bits per heavy atom. The van der Waals surface area contributed by atoms with Crippen molar-refractivity contribution in [2.75, 3.05) is 13.1 Å². The Labute approximate surface area is 78.1 Å². The van der Waals surface area contributed by atoms with Gasteiger partial charge in [-0.15, -0.1) is 0 Å². The summed E-state index contributed by atoms with van der Waals surface area (Å²) in [5.74, 6) is 0.886. The van der Waals surface area contributed by atoms with Crippen LogP contribution in [-0.4, -0.2) is 33.8 Å². The quantitative estimate of drug-likeness (QED) is 0.558. The summed E-state index contributed by atoms with van der Waals surface area (Å²) in [6, 6.07) is 1.75. The number of amidine groups is 1. The first-order chi connectivity index (χ1) is 6.29. The van der Waals surface area contributed by atoms with Gasteiger partial charge in [-0.2, -0.15) is 0 Å². The van der Waals surface area contributed by atoms with Crippen molar-refractivity contribution >= 4 is 5.84 Å². The van der Waals surface area contributed by atoms with Crippen LogP contribution in [-0.2, 0) is 0 Å². The van der Waals surface area contributed by atoms with Crippen LogP contribution < -0.4 is 0 Å². The highest BCUT2D eigenvalue weighted by atomic mass is 15.2. The molecule has 13 heavy (non-hydrogen) atoms. The third-order valence-electron chi connectivity index (χ3n) is 1.86. The topological polar surface area (TPSA) is 52.9 Å². The molecule has 1 rings (SSSR count). The highest BCUT2D eigenvalue weighted by molar-refractivity contribution is 5.92. The molecule has 0 aliphatic heterocycles. The maximum Gasteiger partial charge on any atom is 0.194 e. The Morgan fingerprint density at radius 3 is 2.31 bits per heavy atom. The van der Waals surface area contributed by atoms with Gasteiger partial charge in [0.15, 0.2) is 11.7 Å². The summed E-state index contributed by atoms with van der Waals surface area (Å²) in [5.41, 5.74) is 0. The Kier molecular flexibility index (Phi) is 3.37. The molecule has 70 valence electrons. The predicted octanol–water partition coefficient (Wildman–Crippen LogP) is 1.14. The molecule has 0 bridgehead atoms. The predicted molar refractivity (Wildman–Crippen MR) is 51.8 cm³/mol. The highest BCUT2D eigenvalue weighted by Crippen LogP contribution is 1.96. The second kappa shape index (κ2) is 4.54. The van der Waals surface area contributed by atoms with E-state index in [-0.39, 0.29) is 0 Å². The van der Waals surface area contributed by atoms with E-state index < -0.39 is 0 Å². The lowest BCUT2D eigenvalue weighted by atomic mass is 10.4. The van der Waals surface area contributed by atoms with Crippen LogP contribution in [0, 0.1) is 5.41 Å². The van der Waals surface area contributed by atoms with Gasteiger partial charge < -0.3 is 4.90 Å².